The summed E-state index contributed by atoms with van der Waals surface area (Å²) in [7, 11) is 0. The second-order valence-corrected chi connectivity index (χ2v) is 4.22. The third-order valence-electron chi connectivity index (χ3n) is 1.68. The molecule has 0 aliphatic heterocycles. The lowest BCUT2D eigenvalue weighted by atomic mass is 10.2. The fourth-order valence-corrected chi connectivity index (χ4v) is 1.89. The molecule has 76 valence electrons. The van der Waals surface area contributed by atoms with E-state index in [4.69, 9.17) is 11.6 Å². The molecule has 0 aliphatic rings. The van der Waals surface area contributed by atoms with Crippen LogP contribution in [0.3, 0.4) is 0 Å². The molecular weight excluding hydrogens is 218 g/mol. The summed E-state index contributed by atoms with van der Waals surface area (Å²) in [5.41, 5.74) is 1.90. The van der Waals surface area contributed by atoms with Crippen LogP contribution in [0.1, 0.15) is 12.5 Å². The molecule has 0 fully saturated rings. The highest BCUT2D eigenvalue weighted by molar-refractivity contribution is 7.97. The number of halogens is 1. The van der Waals surface area contributed by atoms with E-state index in [0.29, 0.717) is 5.02 Å². The summed E-state index contributed by atoms with van der Waals surface area (Å²) in [4.78, 5) is 10.9. The number of amides is 1. The van der Waals surface area contributed by atoms with Crippen molar-refractivity contribution in [3.63, 3.8) is 0 Å². The topological polar surface area (TPSA) is 29.1 Å². The van der Waals surface area contributed by atoms with Crippen LogP contribution in [-0.2, 0) is 10.5 Å². The quantitative estimate of drug-likeness (QED) is 0.863. The largest absolute Gasteiger partial charge is 0.326 e. The van der Waals surface area contributed by atoms with E-state index in [0.717, 1.165) is 17.0 Å². The Hall–Kier alpha value is -0.670. The van der Waals surface area contributed by atoms with Crippen molar-refractivity contribution in [1.82, 2.24) is 0 Å². The maximum absolute atomic E-state index is 10.9. The summed E-state index contributed by atoms with van der Waals surface area (Å²) < 4.78 is 0. The molecule has 1 amide bonds. The van der Waals surface area contributed by atoms with E-state index in [9.17, 15) is 4.79 Å². The van der Waals surface area contributed by atoms with Crippen LogP contribution in [0.25, 0.3) is 0 Å². The summed E-state index contributed by atoms with van der Waals surface area (Å²) in [5, 5.41) is 3.47. The van der Waals surface area contributed by atoms with Gasteiger partial charge in [0.15, 0.2) is 0 Å². The van der Waals surface area contributed by atoms with E-state index < -0.39 is 0 Å². The maximum atomic E-state index is 10.9. The molecule has 1 aromatic carbocycles. The van der Waals surface area contributed by atoms with Gasteiger partial charge in [-0.05, 0) is 30.0 Å². The van der Waals surface area contributed by atoms with Crippen LogP contribution in [0.5, 0.6) is 0 Å². The first-order valence-electron chi connectivity index (χ1n) is 4.18. The third kappa shape index (κ3) is 3.24. The van der Waals surface area contributed by atoms with E-state index in [-0.39, 0.29) is 5.91 Å². The zero-order chi connectivity index (χ0) is 10.6. The minimum Gasteiger partial charge on any atom is -0.326 e. The van der Waals surface area contributed by atoms with Crippen molar-refractivity contribution in [2.45, 2.75) is 12.7 Å². The monoisotopic (exact) mass is 229 g/mol. The number of anilines is 1. The van der Waals surface area contributed by atoms with E-state index >= 15 is 0 Å². The van der Waals surface area contributed by atoms with Crippen LogP contribution in [0.15, 0.2) is 18.2 Å². The van der Waals surface area contributed by atoms with Crippen LogP contribution in [0.2, 0.25) is 5.02 Å². The van der Waals surface area contributed by atoms with Crippen LogP contribution in [0, 0.1) is 0 Å². The van der Waals surface area contributed by atoms with Crippen molar-refractivity contribution in [2.75, 3.05) is 11.6 Å². The lowest BCUT2D eigenvalue weighted by Gasteiger charge is -2.08. The Morgan fingerprint density at radius 2 is 2.29 bits per heavy atom. The molecule has 0 radical (unpaired) electrons. The predicted octanol–water partition coefficient (Wildman–Crippen LogP) is 3.16. The Bertz CT molecular complexity index is 341. The Balaban J connectivity index is 2.95. The van der Waals surface area contributed by atoms with E-state index in [2.05, 4.69) is 5.32 Å². The zero-order valence-corrected chi connectivity index (χ0v) is 9.71. The van der Waals surface area contributed by atoms with Gasteiger partial charge in [0, 0.05) is 23.4 Å². The molecule has 0 spiro atoms. The molecule has 4 heteroatoms. The van der Waals surface area contributed by atoms with Gasteiger partial charge < -0.3 is 5.32 Å². The van der Waals surface area contributed by atoms with Crippen LogP contribution in [0.4, 0.5) is 5.69 Å². The molecule has 0 atom stereocenters. The number of thioether (sulfide) groups is 1. The van der Waals surface area contributed by atoms with Gasteiger partial charge in [-0.15, -0.1) is 0 Å². The second-order valence-electron chi connectivity index (χ2n) is 2.92. The number of hydrogen-bond donors (Lipinski definition) is 1. The zero-order valence-electron chi connectivity index (χ0n) is 8.13. The van der Waals surface area contributed by atoms with E-state index in [1.54, 1.807) is 17.8 Å². The average Bonchev–Trinajstić information content (AvgIpc) is 2.09. The molecule has 0 aliphatic carbocycles. The first-order valence-corrected chi connectivity index (χ1v) is 5.95. The molecule has 14 heavy (non-hydrogen) atoms. The van der Waals surface area contributed by atoms with Gasteiger partial charge in [-0.3, -0.25) is 4.79 Å². The van der Waals surface area contributed by atoms with Crippen molar-refractivity contribution in [3.05, 3.63) is 28.8 Å². The minimum absolute atomic E-state index is 0.0605. The normalized spacial score (nSPS) is 9.93. The molecule has 0 saturated heterocycles. The van der Waals surface area contributed by atoms with Gasteiger partial charge in [-0.25, -0.2) is 0 Å². The van der Waals surface area contributed by atoms with Crippen molar-refractivity contribution in [3.8, 4) is 0 Å². The molecule has 1 aromatic rings. The van der Waals surface area contributed by atoms with Crippen LogP contribution in [-0.4, -0.2) is 12.2 Å². The highest BCUT2D eigenvalue weighted by atomic mass is 35.5. The first kappa shape index (κ1) is 11.4. The fraction of sp³-hybridized carbons (Fsp3) is 0.300. The van der Waals surface area contributed by atoms with Gasteiger partial charge in [0.1, 0.15) is 0 Å². The number of hydrogen-bond acceptors (Lipinski definition) is 2. The number of benzene rings is 1. The minimum atomic E-state index is -0.0605. The third-order valence-corrected chi connectivity index (χ3v) is 2.51. The second kappa shape index (κ2) is 5.27. The predicted molar refractivity (Wildman–Crippen MR) is 63.0 cm³/mol. The fourth-order valence-electron chi connectivity index (χ4n) is 1.15. The van der Waals surface area contributed by atoms with Crippen molar-refractivity contribution >= 4 is 35.0 Å². The van der Waals surface area contributed by atoms with Gasteiger partial charge in [0.2, 0.25) is 5.91 Å². The molecule has 0 heterocycles. The maximum Gasteiger partial charge on any atom is 0.221 e. The van der Waals surface area contributed by atoms with E-state index in [1.807, 2.05) is 18.4 Å². The van der Waals surface area contributed by atoms with Gasteiger partial charge in [0.05, 0.1) is 0 Å². The highest BCUT2D eigenvalue weighted by Crippen LogP contribution is 2.23. The van der Waals surface area contributed by atoms with E-state index in [1.165, 1.54) is 6.92 Å². The molecular formula is C10H12ClNOS. The lowest BCUT2D eigenvalue weighted by Crippen LogP contribution is -2.07. The Kier molecular flexibility index (Phi) is 4.29. The molecule has 0 unspecified atom stereocenters. The van der Waals surface area contributed by atoms with Crippen LogP contribution >= 0.6 is 23.4 Å². The average molecular weight is 230 g/mol. The Labute approximate surface area is 93.0 Å². The first-order chi connectivity index (χ1) is 6.63. The summed E-state index contributed by atoms with van der Waals surface area (Å²) in [5.74, 6) is 0.783. The van der Waals surface area contributed by atoms with Crippen LogP contribution < -0.4 is 5.32 Å². The van der Waals surface area contributed by atoms with Crippen molar-refractivity contribution in [2.24, 2.45) is 0 Å². The summed E-state index contributed by atoms with van der Waals surface area (Å²) in [6.45, 7) is 1.50. The molecule has 0 saturated carbocycles. The van der Waals surface area contributed by atoms with Gasteiger partial charge in [-0.1, -0.05) is 11.6 Å². The Morgan fingerprint density at radius 1 is 1.57 bits per heavy atom. The number of carbonyl (C=O) groups is 1. The lowest BCUT2D eigenvalue weighted by molar-refractivity contribution is -0.114. The van der Waals surface area contributed by atoms with Gasteiger partial charge in [-0.2, -0.15) is 11.8 Å². The highest BCUT2D eigenvalue weighted by Gasteiger charge is 2.03. The molecule has 0 aromatic heterocycles. The van der Waals surface area contributed by atoms with Crippen molar-refractivity contribution in [1.29, 1.82) is 0 Å². The smallest absolute Gasteiger partial charge is 0.221 e. The summed E-state index contributed by atoms with van der Waals surface area (Å²) in [6, 6.07) is 5.48. The Morgan fingerprint density at radius 3 is 2.86 bits per heavy atom. The van der Waals surface area contributed by atoms with Gasteiger partial charge in [0.25, 0.3) is 0 Å². The number of nitrogens with one attached hydrogen (secondary N) is 1. The molecule has 1 rings (SSSR count). The van der Waals surface area contributed by atoms with Crippen molar-refractivity contribution < 1.29 is 4.79 Å². The SMILES string of the molecule is CSCc1cc(Cl)ccc1NC(C)=O. The summed E-state index contributed by atoms with van der Waals surface area (Å²) in [6.07, 6.45) is 2.01. The molecule has 0 bridgehead atoms. The summed E-state index contributed by atoms with van der Waals surface area (Å²) >= 11 is 7.56. The standard InChI is InChI=1S/C10H12ClNOS/c1-7(13)12-10-4-3-9(11)5-8(10)6-14-2/h3-5H,6H2,1-2H3,(H,12,13). The molecule has 1 N–H and O–H groups in total. The number of carbonyl (C=O) groups excluding carboxylic acids is 1. The molecule has 2 nitrogen and oxygen atoms in total. The van der Waals surface area contributed by atoms with Gasteiger partial charge >= 0.3 is 0 Å². The number of rotatable bonds is 3.